The van der Waals surface area contributed by atoms with Crippen molar-refractivity contribution in [1.29, 1.82) is 0 Å². The van der Waals surface area contributed by atoms with Gasteiger partial charge >= 0.3 is 0 Å². The number of hydrogen-bond donors (Lipinski definition) is 2. The molecule has 1 aromatic carbocycles. The van der Waals surface area contributed by atoms with Gasteiger partial charge in [0.1, 0.15) is 18.0 Å². The largest absolute Gasteiger partial charge is 0.384 e. The highest BCUT2D eigenvalue weighted by Crippen LogP contribution is 2.36. The van der Waals surface area contributed by atoms with Crippen molar-refractivity contribution in [3.63, 3.8) is 0 Å². The molecular weight excluding hydrogens is 327 g/mol. The fourth-order valence-corrected chi connectivity index (χ4v) is 2.02. The minimum Gasteiger partial charge on any atom is -0.384 e. The van der Waals surface area contributed by atoms with E-state index in [1.165, 1.54) is 6.33 Å². The summed E-state index contributed by atoms with van der Waals surface area (Å²) in [5.74, 6) is 0.930. The summed E-state index contributed by atoms with van der Waals surface area (Å²) in [6, 6.07) is 5.18. The van der Waals surface area contributed by atoms with Gasteiger partial charge in [0.05, 0.1) is 15.7 Å². The number of nitrogens with one attached hydrogen (secondary N) is 1. The maximum Gasteiger partial charge on any atom is 0.135 e. The van der Waals surface area contributed by atoms with Crippen LogP contribution in [0.25, 0.3) is 0 Å². The summed E-state index contributed by atoms with van der Waals surface area (Å²) in [7, 11) is 0. The van der Waals surface area contributed by atoms with Gasteiger partial charge in [0.2, 0.25) is 0 Å². The molecule has 0 fully saturated rings. The maximum atomic E-state index is 6.09. The Morgan fingerprint density at radius 1 is 1.18 bits per heavy atom. The van der Waals surface area contributed by atoms with Crippen molar-refractivity contribution in [1.82, 2.24) is 9.97 Å². The van der Waals surface area contributed by atoms with Crippen molar-refractivity contribution in [3.05, 3.63) is 39.0 Å². The van der Waals surface area contributed by atoms with Crippen LogP contribution in [-0.4, -0.2) is 9.97 Å². The number of rotatable bonds is 2. The topological polar surface area (TPSA) is 63.8 Å². The summed E-state index contributed by atoms with van der Waals surface area (Å²) in [4.78, 5) is 7.81. The second-order valence-electron chi connectivity index (χ2n) is 3.18. The normalized spacial score (nSPS) is 10.3. The molecule has 17 heavy (non-hydrogen) atoms. The molecule has 0 unspecified atom stereocenters. The van der Waals surface area contributed by atoms with Gasteiger partial charge in [-0.3, -0.25) is 0 Å². The number of nitrogens with two attached hydrogens (primary N) is 1. The van der Waals surface area contributed by atoms with E-state index < -0.39 is 0 Å². The van der Waals surface area contributed by atoms with Crippen molar-refractivity contribution in [3.8, 4) is 0 Å². The number of nitrogen functional groups attached to an aromatic ring is 1. The summed E-state index contributed by atoms with van der Waals surface area (Å²) in [6.45, 7) is 0. The highest BCUT2D eigenvalue weighted by atomic mass is 79.9. The van der Waals surface area contributed by atoms with Crippen molar-refractivity contribution in [2.75, 3.05) is 11.1 Å². The predicted molar refractivity (Wildman–Crippen MR) is 73.9 cm³/mol. The lowest BCUT2D eigenvalue weighted by Crippen LogP contribution is -1.98. The number of aromatic nitrogens is 2. The Hall–Kier alpha value is -1.04. The summed E-state index contributed by atoms with van der Waals surface area (Å²) in [6.07, 6.45) is 1.37. The zero-order chi connectivity index (χ0) is 12.4. The van der Waals surface area contributed by atoms with Crippen molar-refractivity contribution in [2.24, 2.45) is 0 Å². The van der Waals surface area contributed by atoms with Gasteiger partial charge < -0.3 is 11.1 Å². The molecular formula is C10H7BrCl2N4. The van der Waals surface area contributed by atoms with Crippen LogP contribution < -0.4 is 11.1 Å². The SMILES string of the molecule is Nc1cc(Nc2ccc(Br)c(Cl)c2Cl)ncn1. The van der Waals surface area contributed by atoms with Gasteiger partial charge in [-0.05, 0) is 28.1 Å². The van der Waals surface area contributed by atoms with E-state index in [0.29, 0.717) is 27.4 Å². The monoisotopic (exact) mass is 332 g/mol. The Morgan fingerprint density at radius 3 is 2.65 bits per heavy atom. The summed E-state index contributed by atoms with van der Waals surface area (Å²) < 4.78 is 0.733. The molecule has 0 aliphatic heterocycles. The number of hydrogen-bond acceptors (Lipinski definition) is 4. The van der Waals surface area contributed by atoms with Crippen LogP contribution in [0.3, 0.4) is 0 Å². The molecule has 4 nitrogen and oxygen atoms in total. The third-order valence-electron chi connectivity index (χ3n) is 1.99. The first-order valence-electron chi connectivity index (χ1n) is 4.56. The van der Waals surface area contributed by atoms with Crippen LogP contribution in [0.1, 0.15) is 0 Å². The Labute approximate surface area is 116 Å². The molecule has 0 aliphatic carbocycles. The standard InChI is InChI=1S/C10H7BrCl2N4/c11-5-1-2-6(10(13)9(5)12)17-8-3-7(14)15-4-16-8/h1-4H,(H3,14,15,16,17). The highest BCUT2D eigenvalue weighted by Gasteiger charge is 2.09. The summed E-state index contributed by atoms with van der Waals surface area (Å²) in [5, 5.41) is 3.87. The molecule has 0 radical (unpaired) electrons. The Balaban J connectivity index is 2.34. The molecule has 0 atom stereocenters. The Bertz CT molecular complexity index is 562. The van der Waals surface area contributed by atoms with Crippen LogP contribution in [-0.2, 0) is 0 Å². The highest BCUT2D eigenvalue weighted by molar-refractivity contribution is 9.10. The molecule has 1 aromatic heterocycles. The van der Waals surface area contributed by atoms with Crippen LogP contribution in [0.2, 0.25) is 10.0 Å². The molecule has 3 N–H and O–H groups in total. The second-order valence-corrected chi connectivity index (χ2v) is 4.79. The van der Waals surface area contributed by atoms with E-state index >= 15 is 0 Å². The first-order valence-corrected chi connectivity index (χ1v) is 6.11. The zero-order valence-electron chi connectivity index (χ0n) is 8.42. The third-order valence-corrected chi connectivity index (χ3v) is 3.76. The summed E-state index contributed by atoms with van der Waals surface area (Å²) >= 11 is 15.4. The molecule has 88 valence electrons. The Kier molecular flexibility index (Phi) is 3.71. The molecule has 2 rings (SSSR count). The number of nitrogens with zero attached hydrogens (tertiary/aromatic N) is 2. The van der Waals surface area contributed by atoms with Gasteiger partial charge in [-0.1, -0.05) is 23.2 Å². The molecule has 0 saturated heterocycles. The zero-order valence-corrected chi connectivity index (χ0v) is 11.5. The third kappa shape index (κ3) is 2.80. The van der Waals surface area contributed by atoms with E-state index in [1.54, 1.807) is 18.2 Å². The molecule has 0 aliphatic rings. The quantitative estimate of drug-likeness (QED) is 0.819. The first kappa shape index (κ1) is 12.4. The van der Waals surface area contributed by atoms with Crippen LogP contribution in [0.5, 0.6) is 0 Å². The molecule has 0 amide bonds. The smallest absolute Gasteiger partial charge is 0.135 e. The average molecular weight is 334 g/mol. The van der Waals surface area contributed by atoms with E-state index in [2.05, 4.69) is 31.2 Å². The van der Waals surface area contributed by atoms with Gasteiger partial charge in [0.25, 0.3) is 0 Å². The second kappa shape index (κ2) is 5.08. The number of benzene rings is 1. The van der Waals surface area contributed by atoms with Gasteiger partial charge in [-0.25, -0.2) is 9.97 Å². The van der Waals surface area contributed by atoms with Gasteiger partial charge in [0, 0.05) is 10.5 Å². The van der Waals surface area contributed by atoms with E-state index in [4.69, 9.17) is 28.9 Å². The van der Waals surface area contributed by atoms with E-state index in [9.17, 15) is 0 Å². The fraction of sp³-hybridized carbons (Fsp3) is 0. The summed E-state index contributed by atoms with van der Waals surface area (Å²) in [5.41, 5.74) is 6.20. The van der Waals surface area contributed by atoms with E-state index in [1.807, 2.05) is 0 Å². The van der Waals surface area contributed by atoms with Crippen molar-refractivity contribution in [2.45, 2.75) is 0 Å². The molecule has 0 saturated carbocycles. The molecule has 2 aromatic rings. The minimum atomic E-state index is 0.377. The van der Waals surface area contributed by atoms with Gasteiger partial charge in [-0.15, -0.1) is 0 Å². The predicted octanol–water partition coefficient (Wildman–Crippen LogP) is 3.87. The average Bonchev–Trinajstić information content (AvgIpc) is 2.30. The van der Waals surface area contributed by atoms with Crippen molar-refractivity contribution >= 4 is 56.5 Å². The van der Waals surface area contributed by atoms with Crippen LogP contribution in [0.4, 0.5) is 17.3 Å². The maximum absolute atomic E-state index is 6.09. The first-order chi connectivity index (χ1) is 8.08. The van der Waals surface area contributed by atoms with Crippen molar-refractivity contribution < 1.29 is 0 Å². The number of halogens is 3. The van der Waals surface area contributed by atoms with Crippen LogP contribution >= 0.6 is 39.1 Å². The van der Waals surface area contributed by atoms with Crippen LogP contribution in [0.15, 0.2) is 29.0 Å². The van der Waals surface area contributed by atoms with Crippen LogP contribution in [0, 0.1) is 0 Å². The lowest BCUT2D eigenvalue weighted by Gasteiger charge is -2.09. The molecule has 7 heteroatoms. The molecule has 1 heterocycles. The fourth-order valence-electron chi connectivity index (χ4n) is 1.20. The molecule has 0 spiro atoms. The lowest BCUT2D eigenvalue weighted by molar-refractivity contribution is 1.18. The van der Waals surface area contributed by atoms with E-state index in [0.717, 1.165) is 4.47 Å². The minimum absolute atomic E-state index is 0.377. The number of anilines is 3. The molecule has 0 bridgehead atoms. The Morgan fingerprint density at radius 2 is 1.94 bits per heavy atom. The van der Waals surface area contributed by atoms with E-state index in [-0.39, 0.29) is 0 Å². The van der Waals surface area contributed by atoms with Gasteiger partial charge in [0.15, 0.2) is 0 Å². The lowest BCUT2D eigenvalue weighted by atomic mass is 10.3. The van der Waals surface area contributed by atoms with Gasteiger partial charge in [-0.2, -0.15) is 0 Å².